The number of nitrogens with one attached hydrogen (secondary N) is 1. The molecule has 0 unspecified atom stereocenters. The van der Waals surface area contributed by atoms with E-state index in [9.17, 15) is 8.42 Å². The normalized spacial score (nSPS) is 11.5. The molecule has 0 spiro atoms. The number of nitrogens with zero attached hydrogens (tertiary/aromatic N) is 1. The van der Waals surface area contributed by atoms with Gasteiger partial charge >= 0.3 is 0 Å². The van der Waals surface area contributed by atoms with Crippen LogP contribution in [0.2, 0.25) is 10.0 Å². The number of pyridine rings is 1. The molecule has 0 atom stereocenters. The van der Waals surface area contributed by atoms with Crippen molar-refractivity contribution in [2.24, 2.45) is 0 Å². The van der Waals surface area contributed by atoms with E-state index in [-0.39, 0.29) is 12.3 Å². The third-order valence-corrected chi connectivity index (χ3v) is 4.56. The lowest BCUT2D eigenvalue weighted by molar-refractivity contribution is 0.579. The molecule has 106 valence electrons. The fraction of sp³-hybridized carbons (Fsp3) is 0.154. The standard InChI is InChI=1S/C13H12Cl2N2O2S/c14-12-5-3-6-13(15)11(12)9-20(18,19)17-8-10-4-1-2-7-16-10/h1-7,17H,8-9H2. The average Bonchev–Trinajstić information content (AvgIpc) is 2.42. The Morgan fingerprint density at radius 1 is 1.05 bits per heavy atom. The summed E-state index contributed by atoms with van der Waals surface area (Å²) >= 11 is 11.9. The fourth-order valence-corrected chi connectivity index (χ4v) is 3.45. The molecule has 1 heterocycles. The largest absolute Gasteiger partial charge is 0.260 e. The van der Waals surface area contributed by atoms with E-state index >= 15 is 0 Å². The minimum absolute atomic E-state index is 0.130. The Hall–Kier alpha value is -1.14. The maximum absolute atomic E-state index is 12.0. The van der Waals surface area contributed by atoms with Crippen LogP contribution in [0.1, 0.15) is 11.3 Å². The van der Waals surface area contributed by atoms with Gasteiger partial charge in [0, 0.05) is 21.8 Å². The van der Waals surface area contributed by atoms with Crippen molar-refractivity contribution in [2.45, 2.75) is 12.3 Å². The first-order valence-electron chi connectivity index (χ1n) is 5.78. The fourth-order valence-electron chi connectivity index (χ4n) is 1.60. The van der Waals surface area contributed by atoms with Gasteiger partial charge in [-0.15, -0.1) is 0 Å². The van der Waals surface area contributed by atoms with E-state index in [0.717, 1.165) is 0 Å². The van der Waals surface area contributed by atoms with E-state index in [1.54, 1.807) is 42.6 Å². The molecule has 7 heteroatoms. The van der Waals surface area contributed by atoms with Gasteiger partial charge in [-0.05, 0) is 24.3 Å². The second-order valence-corrected chi connectivity index (χ2v) is 6.72. The Kier molecular flexibility index (Phi) is 4.99. The Labute approximate surface area is 127 Å². The summed E-state index contributed by atoms with van der Waals surface area (Å²) in [5.74, 6) is -0.266. The summed E-state index contributed by atoms with van der Waals surface area (Å²) in [5.41, 5.74) is 1.03. The number of rotatable bonds is 5. The molecule has 1 N–H and O–H groups in total. The van der Waals surface area contributed by atoms with E-state index in [0.29, 0.717) is 21.3 Å². The van der Waals surface area contributed by atoms with Crippen molar-refractivity contribution in [3.8, 4) is 0 Å². The number of benzene rings is 1. The van der Waals surface area contributed by atoms with Crippen LogP contribution in [-0.2, 0) is 22.3 Å². The predicted molar refractivity (Wildman–Crippen MR) is 80.2 cm³/mol. The number of halogens is 2. The zero-order chi connectivity index (χ0) is 14.6. The molecular weight excluding hydrogens is 319 g/mol. The van der Waals surface area contributed by atoms with Crippen LogP contribution >= 0.6 is 23.2 Å². The monoisotopic (exact) mass is 330 g/mol. The van der Waals surface area contributed by atoms with Crippen LogP contribution in [-0.4, -0.2) is 13.4 Å². The van der Waals surface area contributed by atoms with Crippen molar-refractivity contribution < 1.29 is 8.42 Å². The highest BCUT2D eigenvalue weighted by molar-refractivity contribution is 7.88. The van der Waals surface area contributed by atoms with Gasteiger partial charge in [0.1, 0.15) is 0 Å². The lowest BCUT2D eigenvalue weighted by Crippen LogP contribution is -2.25. The van der Waals surface area contributed by atoms with Gasteiger partial charge in [0.15, 0.2) is 0 Å². The molecule has 0 saturated heterocycles. The first kappa shape index (κ1) is 15.3. The van der Waals surface area contributed by atoms with Gasteiger partial charge in [0.2, 0.25) is 10.0 Å². The smallest absolute Gasteiger partial charge is 0.216 e. The minimum Gasteiger partial charge on any atom is -0.260 e. The van der Waals surface area contributed by atoms with Crippen molar-refractivity contribution in [3.63, 3.8) is 0 Å². The molecule has 0 amide bonds. The predicted octanol–water partition coefficient (Wildman–Crippen LogP) is 3.01. The van der Waals surface area contributed by atoms with Crippen molar-refractivity contribution in [2.75, 3.05) is 0 Å². The number of hydrogen-bond donors (Lipinski definition) is 1. The Morgan fingerprint density at radius 2 is 1.75 bits per heavy atom. The zero-order valence-electron chi connectivity index (χ0n) is 10.4. The molecule has 4 nitrogen and oxygen atoms in total. The Balaban J connectivity index is 2.08. The minimum atomic E-state index is -3.54. The molecule has 0 radical (unpaired) electrons. The van der Waals surface area contributed by atoms with E-state index in [4.69, 9.17) is 23.2 Å². The quantitative estimate of drug-likeness (QED) is 0.916. The molecular formula is C13H12Cl2N2O2S. The molecule has 1 aromatic carbocycles. The Morgan fingerprint density at radius 3 is 2.35 bits per heavy atom. The zero-order valence-corrected chi connectivity index (χ0v) is 12.7. The summed E-state index contributed by atoms with van der Waals surface area (Å²) in [6.45, 7) is 0.130. The lowest BCUT2D eigenvalue weighted by Gasteiger charge is -2.09. The molecule has 2 rings (SSSR count). The summed E-state index contributed by atoms with van der Waals surface area (Å²) in [7, 11) is -3.54. The molecule has 0 bridgehead atoms. The maximum atomic E-state index is 12.0. The molecule has 2 aromatic rings. The van der Waals surface area contributed by atoms with Crippen molar-refractivity contribution in [3.05, 3.63) is 63.9 Å². The summed E-state index contributed by atoms with van der Waals surface area (Å²) in [6, 6.07) is 10.2. The third-order valence-electron chi connectivity index (χ3n) is 2.60. The molecule has 0 aliphatic heterocycles. The van der Waals surface area contributed by atoms with Gasteiger partial charge in [-0.2, -0.15) is 0 Å². The van der Waals surface area contributed by atoms with Gasteiger partial charge in [-0.1, -0.05) is 35.3 Å². The van der Waals surface area contributed by atoms with Crippen LogP contribution in [0.15, 0.2) is 42.6 Å². The Bertz CT molecular complexity index is 671. The first-order valence-corrected chi connectivity index (χ1v) is 8.19. The third kappa shape index (κ3) is 4.18. The van der Waals surface area contributed by atoms with Gasteiger partial charge in [0.05, 0.1) is 18.0 Å². The SMILES string of the molecule is O=S(=O)(Cc1c(Cl)cccc1Cl)NCc1ccccn1. The van der Waals surface area contributed by atoms with Gasteiger partial charge in [0.25, 0.3) is 0 Å². The summed E-state index contributed by atoms with van der Waals surface area (Å²) < 4.78 is 26.5. The summed E-state index contributed by atoms with van der Waals surface area (Å²) in [6.07, 6.45) is 1.61. The molecule has 0 fully saturated rings. The number of sulfonamides is 1. The summed E-state index contributed by atoms with van der Waals surface area (Å²) in [4.78, 5) is 4.04. The van der Waals surface area contributed by atoms with Crippen molar-refractivity contribution >= 4 is 33.2 Å². The van der Waals surface area contributed by atoms with Crippen LogP contribution in [0.4, 0.5) is 0 Å². The van der Waals surface area contributed by atoms with E-state index in [1.807, 2.05) is 0 Å². The highest BCUT2D eigenvalue weighted by Crippen LogP contribution is 2.25. The molecule has 0 saturated carbocycles. The second-order valence-electron chi connectivity index (χ2n) is 4.10. The molecule has 20 heavy (non-hydrogen) atoms. The van der Waals surface area contributed by atoms with Gasteiger partial charge in [-0.25, -0.2) is 13.1 Å². The highest BCUT2D eigenvalue weighted by Gasteiger charge is 2.16. The van der Waals surface area contributed by atoms with Crippen LogP contribution in [0.3, 0.4) is 0 Å². The van der Waals surface area contributed by atoms with Crippen LogP contribution in [0, 0.1) is 0 Å². The lowest BCUT2D eigenvalue weighted by atomic mass is 10.2. The number of aromatic nitrogens is 1. The van der Waals surface area contributed by atoms with Crippen molar-refractivity contribution in [1.82, 2.24) is 9.71 Å². The van der Waals surface area contributed by atoms with Gasteiger partial charge in [-0.3, -0.25) is 4.98 Å². The average molecular weight is 331 g/mol. The first-order chi connectivity index (χ1) is 9.48. The van der Waals surface area contributed by atoms with Crippen LogP contribution < -0.4 is 4.72 Å². The summed E-state index contributed by atoms with van der Waals surface area (Å²) in [5, 5.41) is 0.668. The van der Waals surface area contributed by atoms with Crippen LogP contribution in [0.5, 0.6) is 0 Å². The molecule has 1 aromatic heterocycles. The maximum Gasteiger partial charge on any atom is 0.216 e. The molecule has 0 aliphatic rings. The highest BCUT2D eigenvalue weighted by atomic mass is 35.5. The van der Waals surface area contributed by atoms with E-state index in [1.165, 1.54) is 0 Å². The van der Waals surface area contributed by atoms with E-state index < -0.39 is 10.0 Å². The van der Waals surface area contributed by atoms with Crippen LogP contribution in [0.25, 0.3) is 0 Å². The van der Waals surface area contributed by atoms with Gasteiger partial charge < -0.3 is 0 Å². The molecule has 0 aliphatic carbocycles. The topological polar surface area (TPSA) is 59.1 Å². The second kappa shape index (κ2) is 6.54. The number of hydrogen-bond acceptors (Lipinski definition) is 3. The van der Waals surface area contributed by atoms with E-state index in [2.05, 4.69) is 9.71 Å². The van der Waals surface area contributed by atoms with Crippen molar-refractivity contribution in [1.29, 1.82) is 0 Å².